The Morgan fingerprint density at radius 1 is 1.43 bits per heavy atom. The van der Waals surface area contributed by atoms with Gasteiger partial charge in [0.1, 0.15) is 0 Å². The highest BCUT2D eigenvalue weighted by atomic mass is 16.3. The Balaban J connectivity index is 1.95. The van der Waals surface area contributed by atoms with Crippen LogP contribution in [0.25, 0.3) is 0 Å². The van der Waals surface area contributed by atoms with Gasteiger partial charge in [-0.25, -0.2) is 4.79 Å². The molecule has 6 heteroatoms. The van der Waals surface area contributed by atoms with Crippen molar-refractivity contribution in [2.24, 2.45) is 7.05 Å². The van der Waals surface area contributed by atoms with E-state index in [2.05, 4.69) is 10.4 Å². The highest BCUT2D eigenvalue weighted by Gasteiger charge is 2.30. The lowest BCUT2D eigenvalue weighted by atomic mass is 9.93. The lowest BCUT2D eigenvalue weighted by molar-refractivity contribution is 0.0242. The number of carbonyl (C=O) groups is 1. The number of aromatic nitrogens is 2. The van der Waals surface area contributed by atoms with Crippen LogP contribution in [0.5, 0.6) is 0 Å². The summed E-state index contributed by atoms with van der Waals surface area (Å²) in [6, 6.07) is 2.04. The van der Waals surface area contributed by atoms with E-state index in [9.17, 15) is 9.90 Å². The van der Waals surface area contributed by atoms with Gasteiger partial charge in [-0.1, -0.05) is 13.8 Å². The number of likely N-dealkylation sites (tertiary alicyclic amines) is 1. The molecule has 0 spiro atoms. The number of nitrogens with zero attached hydrogens (tertiary/aromatic N) is 3. The molecule has 1 aliphatic rings. The van der Waals surface area contributed by atoms with E-state index in [1.807, 2.05) is 36.5 Å². The SMILES string of the molecule is CCC(O)(CC)CCNC(=O)N1CCCCC1c1ccnn1C. The van der Waals surface area contributed by atoms with Crippen molar-refractivity contribution in [3.63, 3.8) is 0 Å². The number of aliphatic hydroxyl groups is 1. The number of urea groups is 1. The van der Waals surface area contributed by atoms with Crippen molar-refractivity contribution in [2.45, 2.75) is 64.0 Å². The first kappa shape index (κ1) is 17.8. The number of rotatable bonds is 6. The Labute approximate surface area is 138 Å². The molecule has 1 aromatic rings. The fourth-order valence-corrected chi connectivity index (χ4v) is 3.30. The number of amides is 2. The summed E-state index contributed by atoms with van der Waals surface area (Å²) in [5.41, 5.74) is 0.412. The van der Waals surface area contributed by atoms with Crippen LogP contribution in [0.3, 0.4) is 0 Å². The second-order valence-corrected chi connectivity index (χ2v) is 6.50. The second-order valence-electron chi connectivity index (χ2n) is 6.50. The van der Waals surface area contributed by atoms with Crippen molar-refractivity contribution in [2.75, 3.05) is 13.1 Å². The van der Waals surface area contributed by atoms with Gasteiger partial charge in [-0.05, 0) is 44.6 Å². The minimum Gasteiger partial charge on any atom is -0.390 e. The quantitative estimate of drug-likeness (QED) is 0.846. The molecule has 0 radical (unpaired) electrons. The van der Waals surface area contributed by atoms with Gasteiger partial charge in [0, 0.05) is 26.3 Å². The molecule has 1 atom stereocenters. The summed E-state index contributed by atoms with van der Waals surface area (Å²) in [5, 5.41) is 17.5. The second kappa shape index (κ2) is 7.81. The molecule has 23 heavy (non-hydrogen) atoms. The fraction of sp³-hybridized carbons (Fsp3) is 0.765. The Hall–Kier alpha value is -1.56. The van der Waals surface area contributed by atoms with Gasteiger partial charge in [-0.3, -0.25) is 4.68 Å². The summed E-state index contributed by atoms with van der Waals surface area (Å²) in [6.07, 6.45) is 6.93. The van der Waals surface area contributed by atoms with Gasteiger partial charge in [0.2, 0.25) is 0 Å². The Bertz CT molecular complexity index is 510. The zero-order valence-corrected chi connectivity index (χ0v) is 14.6. The number of carbonyl (C=O) groups excluding carboxylic acids is 1. The predicted molar refractivity (Wildman–Crippen MR) is 90.1 cm³/mol. The number of aryl methyl sites for hydroxylation is 1. The molecule has 6 nitrogen and oxygen atoms in total. The number of piperidine rings is 1. The van der Waals surface area contributed by atoms with Gasteiger partial charge >= 0.3 is 6.03 Å². The van der Waals surface area contributed by atoms with E-state index >= 15 is 0 Å². The molecule has 1 saturated heterocycles. The Morgan fingerprint density at radius 2 is 2.17 bits per heavy atom. The zero-order chi connectivity index (χ0) is 16.9. The van der Waals surface area contributed by atoms with E-state index in [1.165, 1.54) is 0 Å². The lowest BCUT2D eigenvalue weighted by Gasteiger charge is -2.36. The molecule has 130 valence electrons. The molecule has 0 aromatic carbocycles. The molecule has 0 aliphatic carbocycles. The Kier molecular flexibility index (Phi) is 6.04. The van der Waals surface area contributed by atoms with Gasteiger partial charge in [0.15, 0.2) is 0 Å². The van der Waals surface area contributed by atoms with Gasteiger partial charge in [-0.15, -0.1) is 0 Å². The number of hydrogen-bond donors (Lipinski definition) is 2. The summed E-state index contributed by atoms with van der Waals surface area (Å²) in [6.45, 7) is 5.24. The van der Waals surface area contributed by atoms with Crippen LogP contribution in [0, 0.1) is 0 Å². The van der Waals surface area contributed by atoms with E-state index in [1.54, 1.807) is 6.20 Å². The zero-order valence-electron chi connectivity index (χ0n) is 14.6. The molecular formula is C17H30N4O2. The maximum Gasteiger partial charge on any atom is 0.317 e. The number of hydrogen-bond acceptors (Lipinski definition) is 3. The third kappa shape index (κ3) is 4.25. The molecule has 2 heterocycles. The molecular weight excluding hydrogens is 292 g/mol. The van der Waals surface area contributed by atoms with Crippen molar-refractivity contribution in [3.8, 4) is 0 Å². The average Bonchev–Trinajstić information content (AvgIpc) is 3.00. The lowest BCUT2D eigenvalue weighted by Crippen LogP contribution is -2.46. The first-order chi connectivity index (χ1) is 11.0. The molecule has 2 amide bonds. The van der Waals surface area contributed by atoms with Gasteiger partial charge in [0.05, 0.1) is 17.3 Å². The standard InChI is InChI=1S/C17H30N4O2/c1-4-17(23,5-2)10-12-18-16(22)21-13-7-6-8-15(21)14-9-11-19-20(14)3/h9,11,15,23H,4-8,10,12-13H2,1-3H3,(H,18,22). The summed E-state index contributed by atoms with van der Waals surface area (Å²) >= 11 is 0. The smallest absolute Gasteiger partial charge is 0.317 e. The van der Waals surface area contributed by atoms with Crippen molar-refractivity contribution in [1.29, 1.82) is 0 Å². The predicted octanol–water partition coefficient (Wildman–Crippen LogP) is 2.60. The van der Waals surface area contributed by atoms with E-state index in [0.29, 0.717) is 25.8 Å². The first-order valence-corrected chi connectivity index (χ1v) is 8.75. The highest BCUT2D eigenvalue weighted by molar-refractivity contribution is 5.74. The molecule has 2 N–H and O–H groups in total. The van der Waals surface area contributed by atoms with Gasteiger partial charge < -0.3 is 15.3 Å². The molecule has 1 fully saturated rings. The van der Waals surface area contributed by atoms with Crippen LogP contribution < -0.4 is 5.32 Å². The van der Waals surface area contributed by atoms with Crippen LogP contribution in [0.2, 0.25) is 0 Å². The summed E-state index contributed by atoms with van der Waals surface area (Å²) < 4.78 is 1.85. The monoisotopic (exact) mass is 322 g/mol. The maximum atomic E-state index is 12.6. The average molecular weight is 322 g/mol. The van der Waals surface area contributed by atoms with Crippen molar-refractivity contribution < 1.29 is 9.90 Å². The largest absolute Gasteiger partial charge is 0.390 e. The van der Waals surface area contributed by atoms with Gasteiger partial charge in [0.25, 0.3) is 0 Å². The van der Waals surface area contributed by atoms with E-state index in [0.717, 1.165) is 31.5 Å². The topological polar surface area (TPSA) is 70.4 Å². The molecule has 1 aliphatic heterocycles. The van der Waals surface area contributed by atoms with Crippen LogP contribution in [-0.2, 0) is 7.05 Å². The molecule has 2 rings (SSSR count). The summed E-state index contributed by atoms with van der Waals surface area (Å²) in [5.74, 6) is 0. The molecule has 1 unspecified atom stereocenters. The maximum absolute atomic E-state index is 12.6. The van der Waals surface area contributed by atoms with Crippen LogP contribution >= 0.6 is 0 Å². The van der Waals surface area contributed by atoms with Crippen LogP contribution in [-0.4, -0.2) is 44.5 Å². The highest BCUT2D eigenvalue weighted by Crippen LogP contribution is 2.30. The fourth-order valence-electron chi connectivity index (χ4n) is 3.30. The van der Waals surface area contributed by atoms with Crippen molar-refractivity contribution in [1.82, 2.24) is 20.0 Å². The molecule has 0 bridgehead atoms. The van der Waals surface area contributed by atoms with E-state index in [4.69, 9.17) is 0 Å². The van der Waals surface area contributed by atoms with Crippen LogP contribution in [0.1, 0.15) is 64.1 Å². The van der Waals surface area contributed by atoms with E-state index in [-0.39, 0.29) is 12.1 Å². The molecule has 0 saturated carbocycles. The number of nitrogens with one attached hydrogen (secondary N) is 1. The minimum atomic E-state index is -0.670. The third-order valence-electron chi connectivity index (χ3n) is 5.15. The van der Waals surface area contributed by atoms with Gasteiger partial charge in [-0.2, -0.15) is 5.10 Å². The van der Waals surface area contributed by atoms with Crippen LogP contribution in [0.4, 0.5) is 4.79 Å². The summed E-state index contributed by atoms with van der Waals surface area (Å²) in [4.78, 5) is 14.5. The van der Waals surface area contributed by atoms with Crippen LogP contribution in [0.15, 0.2) is 12.3 Å². The first-order valence-electron chi connectivity index (χ1n) is 8.75. The van der Waals surface area contributed by atoms with Crippen molar-refractivity contribution in [3.05, 3.63) is 18.0 Å². The minimum absolute atomic E-state index is 0.0366. The van der Waals surface area contributed by atoms with E-state index < -0.39 is 5.60 Å². The normalized spacial score (nSPS) is 19.0. The summed E-state index contributed by atoms with van der Waals surface area (Å²) in [7, 11) is 1.92. The third-order valence-corrected chi connectivity index (χ3v) is 5.15. The van der Waals surface area contributed by atoms with Crippen molar-refractivity contribution >= 4 is 6.03 Å². The Morgan fingerprint density at radius 3 is 2.78 bits per heavy atom. The molecule has 1 aromatic heterocycles.